The van der Waals surface area contributed by atoms with Crippen molar-refractivity contribution in [1.29, 1.82) is 0 Å². The van der Waals surface area contributed by atoms with Gasteiger partial charge in [-0.2, -0.15) is 0 Å². The number of carbonyl (C=O) groups excluding carboxylic acids is 1. The van der Waals surface area contributed by atoms with Crippen LogP contribution >= 0.6 is 23.1 Å². The molecule has 0 spiro atoms. The SMILES string of the molecule is CNC(=O)Nc1ccc(SC(C)C)s1. The van der Waals surface area contributed by atoms with Crippen molar-refractivity contribution in [3.05, 3.63) is 12.1 Å². The lowest BCUT2D eigenvalue weighted by atomic mass is 10.6. The van der Waals surface area contributed by atoms with Crippen LogP contribution in [-0.4, -0.2) is 18.3 Å². The van der Waals surface area contributed by atoms with E-state index in [0.29, 0.717) is 5.25 Å². The zero-order chi connectivity index (χ0) is 10.6. The summed E-state index contributed by atoms with van der Waals surface area (Å²) in [4.78, 5) is 11.0. The van der Waals surface area contributed by atoms with E-state index in [4.69, 9.17) is 0 Å². The molecule has 0 aromatic carbocycles. The van der Waals surface area contributed by atoms with Crippen LogP contribution in [0, 0.1) is 0 Å². The minimum absolute atomic E-state index is 0.173. The average Bonchev–Trinajstić information content (AvgIpc) is 2.51. The van der Waals surface area contributed by atoms with Crippen LogP contribution in [0.15, 0.2) is 16.3 Å². The van der Waals surface area contributed by atoms with Crippen molar-refractivity contribution >= 4 is 34.1 Å². The van der Waals surface area contributed by atoms with Gasteiger partial charge >= 0.3 is 6.03 Å². The highest BCUT2D eigenvalue weighted by Crippen LogP contribution is 2.32. The summed E-state index contributed by atoms with van der Waals surface area (Å²) in [6.07, 6.45) is 0. The summed E-state index contributed by atoms with van der Waals surface area (Å²) in [5.41, 5.74) is 0. The Morgan fingerprint density at radius 3 is 2.79 bits per heavy atom. The molecular weight excluding hydrogens is 216 g/mol. The fourth-order valence-corrected chi connectivity index (χ4v) is 3.14. The summed E-state index contributed by atoms with van der Waals surface area (Å²) in [5, 5.41) is 6.71. The van der Waals surface area contributed by atoms with E-state index >= 15 is 0 Å². The average molecular weight is 230 g/mol. The first-order valence-corrected chi connectivity index (χ1v) is 6.06. The third kappa shape index (κ3) is 3.59. The molecule has 0 saturated heterocycles. The molecule has 0 saturated carbocycles. The van der Waals surface area contributed by atoms with Crippen molar-refractivity contribution in [3.63, 3.8) is 0 Å². The summed E-state index contributed by atoms with van der Waals surface area (Å²) in [6.45, 7) is 4.30. The van der Waals surface area contributed by atoms with Gasteiger partial charge in [-0.1, -0.05) is 13.8 Å². The lowest BCUT2D eigenvalue weighted by Gasteiger charge is -2.01. The monoisotopic (exact) mass is 230 g/mol. The molecule has 1 rings (SSSR count). The Labute approximate surface area is 92.3 Å². The molecular formula is C9H14N2OS2. The second-order valence-electron chi connectivity index (χ2n) is 2.99. The van der Waals surface area contributed by atoms with E-state index in [1.807, 2.05) is 12.1 Å². The van der Waals surface area contributed by atoms with Gasteiger partial charge in [0.2, 0.25) is 0 Å². The van der Waals surface area contributed by atoms with Gasteiger partial charge in [-0.15, -0.1) is 23.1 Å². The molecule has 0 radical (unpaired) electrons. The maximum atomic E-state index is 11.0. The molecule has 1 aromatic heterocycles. The third-order valence-corrected chi connectivity index (χ3v) is 3.57. The molecule has 1 heterocycles. The highest BCUT2D eigenvalue weighted by atomic mass is 32.2. The zero-order valence-corrected chi connectivity index (χ0v) is 10.1. The fraction of sp³-hybridized carbons (Fsp3) is 0.444. The van der Waals surface area contributed by atoms with E-state index < -0.39 is 0 Å². The Bertz CT molecular complexity index is 310. The first kappa shape index (κ1) is 11.4. The summed E-state index contributed by atoms with van der Waals surface area (Å²) in [6, 6.07) is 3.78. The summed E-state index contributed by atoms with van der Waals surface area (Å²) >= 11 is 3.40. The molecule has 2 N–H and O–H groups in total. The van der Waals surface area contributed by atoms with Crippen LogP contribution in [0.1, 0.15) is 13.8 Å². The highest BCUT2D eigenvalue weighted by Gasteiger charge is 2.04. The van der Waals surface area contributed by atoms with Gasteiger partial charge < -0.3 is 5.32 Å². The maximum Gasteiger partial charge on any atom is 0.319 e. The fourth-order valence-electron chi connectivity index (χ4n) is 0.857. The van der Waals surface area contributed by atoms with Gasteiger partial charge in [-0.3, -0.25) is 5.32 Å². The van der Waals surface area contributed by atoms with Crippen LogP contribution in [0.2, 0.25) is 0 Å². The van der Waals surface area contributed by atoms with Crippen LogP contribution in [-0.2, 0) is 0 Å². The highest BCUT2D eigenvalue weighted by molar-refractivity contribution is 8.01. The Kier molecular flexibility index (Phi) is 4.28. The molecule has 0 fully saturated rings. The number of hydrogen-bond acceptors (Lipinski definition) is 3. The van der Waals surface area contributed by atoms with Crippen molar-refractivity contribution in [2.24, 2.45) is 0 Å². The molecule has 0 atom stereocenters. The Hall–Kier alpha value is -0.680. The topological polar surface area (TPSA) is 41.1 Å². The number of urea groups is 1. The van der Waals surface area contributed by atoms with Gasteiger partial charge in [-0.25, -0.2) is 4.79 Å². The predicted octanol–water partition coefficient (Wildman–Crippen LogP) is 3.00. The van der Waals surface area contributed by atoms with E-state index in [1.165, 1.54) is 4.21 Å². The summed E-state index contributed by atoms with van der Waals surface area (Å²) < 4.78 is 1.23. The molecule has 78 valence electrons. The number of thiophene rings is 1. The minimum atomic E-state index is -0.173. The number of thioether (sulfide) groups is 1. The third-order valence-electron chi connectivity index (χ3n) is 1.40. The number of rotatable bonds is 3. The lowest BCUT2D eigenvalue weighted by molar-refractivity contribution is 0.254. The molecule has 2 amide bonds. The van der Waals surface area contributed by atoms with E-state index in [9.17, 15) is 4.79 Å². The standard InChI is InChI=1S/C9H14N2OS2/c1-6(2)13-8-5-4-7(14-8)11-9(12)10-3/h4-6H,1-3H3,(H2,10,11,12). The van der Waals surface area contributed by atoms with Crippen molar-refractivity contribution in [2.45, 2.75) is 23.3 Å². The van der Waals surface area contributed by atoms with Crippen molar-refractivity contribution in [1.82, 2.24) is 5.32 Å². The maximum absolute atomic E-state index is 11.0. The van der Waals surface area contributed by atoms with Crippen LogP contribution in [0.25, 0.3) is 0 Å². The predicted molar refractivity (Wildman–Crippen MR) is 63.4 cm³/mol. The van der Waals surface area contributed by atoms with E-state index in [2.05, 4.69) is 24.5 Å². The molecule has 0 aliphatic heterocycles. The quantitative estimate of drug-likeness (QED) is 0.784. The van der Waals surface area contributed by atoms with Gasteiger partial charge in [0.1, 0.15) is 0 Å². The van der Waals surface area contributed by atoms with Crippen LogP contribution in [0.4, 0.5) is 9.80 Å². The van der Waals surface area contributed by atoms with Crippen LogP contribution < -0.4 is 10.6 Å². The Balaban J connectivity index is 2.55. The molecule has 5 heteroatoms. The molecule has 0 unspecified atom stereocenters. The lowest BCUT2D eigenvalue weighted by Crippen LogP contribution is -2.23. The van der Waals surface area contributed by atoms with Crippen molar-refractivity contribution in [3.8, 4) is 0 Å². The van der Waals surface area contributed by atoms with E-state index in [0.717, 1.165) is 5.00 Å². The van der Waals surface area contributed by atoms with Crippen molar-refractivity contribution in [2.75, 3.05) is 12.4 Å². The van der Waals surface area contributed by atoms with Gasteiger partial charge in [0.15, 0.2) is 0 Å². The molecule has 0 aliphatic rings. The number of hydrogen-bond donors (Lipinski definition) is 2. The largest absolute Gasteiger partial charge is 0.341 e. The van der Waals surface area contributed by atoms with E-state index in [1.54, 1.807) is 30.1 Å². The first-order chi connectivity index (χ1) is 6.61. The number of anilines is 1. The molecule has 3 nitrogen and oxygen atoms in total. The molecule has 0 aliphatic carbocycles. The smallest absolute Gasteiger partial charge is 0.319 e. The van der Waals surface area contributed by atoms with Crippen LogP contribution in [0.3, 0.4) is 0 Å². The summed E-state index contributed by atoms with van der Waals surface area (Å²) in [7, 11) is 1.60. The zero-order valence-electron chi connectivity index (χ0n) is 8.46. The minimum Gasteiger partial charge on any atom is -0.341 e. The Morgan fingerprint density at radius 1 is 1.50 bits per heavy atom. The first-order valence-electron chi connectivity index (χ1n) is 4.37. The number of carbonyl (C=O) groups is 1. The molecule has 0 bridgehead atoms. The summed E-state index contributed by atoms with van der Waals surface area (Å²) in [5.74, 6) is 0. The Morgan fingerprint density at radius 2 is 2.21 bits per heavy atom. The van der Waals surface area contributed by atoms with Gasteiger partial charge in [0.25, 0.3) is 0 Å². The molecule has 1 aromatic rings. The van der Waals surface area contributed by atoms with E-state index in [-0.39, 0.29) is 6.03 Å². The number of nitrogens with one attached hydrogen (secondary N) is 2. The van der Waals surface area contributed by atoms with Crippen molar-refractivity contribution < 1.29 is 4.79 Å². The van der Waals surface area contributed by atoms with Crippen LogP contribution in [0.5, 0.6) is 0 Å². The van der Waals surface area contributed by atoms with Gasteiger partial charge in [0.05, 0.1) is 9.21 Å². The normalized spacial score (nSPS) is 10.3. The second-order valence-corrected chi connectivity index (χ2v) is 5.95. The number of amides is 2. The second kappa shape index (κ2) is 5.26. The molecule has 14 heavy (non-hydrogen) atoms. The van der Waals surface area contributed by atoms with Gasteiger partial charge in [0, 0.05) is 12.3 Å². The van der Waals surface area contributed by atoms with Gasteiger partial charge in [-0.05, 0) is 12.1 Å².